The van der Waals surface area contributed by atoms with Crippen LogP contribution in [0.15, 0.2) is 29.2 Å². The number of ether oxygens (including phenoxy) is 2. The van der Waals surface area contributed by atoms with E-state index in [-0.39, 0.29) is 42.3 Å². The third-order valence-corrected chi connectivity index (χ3v) is 5.19. The molecule has 2 rings (SSSR count). The second kappa shape index (κ2) is 11.5. The van der Waals surface area contributed by atoms with Gasteiger partial charge in [0.05, 0.1) is 24.7 Å². The summed E-state index contributed by atoms with van der Waals surface area (Å²) in [7, 11) is -2.08. The quantitative estimate of drug-likeness (QED) is 0.499. The van der Waals surface area contributed by atoms with Gasteiger partial charge in [0.2, 0.25) is 15.9 Å². The van der Waals surface area contributed by atoms with Gasteiger partial charge in [-0.25, -0.2) is 13.1 Å². The van der Waals surface area contributed by atoms with Gasteiger partial charge in [-0.15, -0.1) is 12.4 Å². The minimum absolute atomic E-state index is 0. The first-order valence-corrected chi connectivity index (χ1v) is 9.65. The lowest BCUT2D eigenvalue weighted by Crippen LogP contribution is -2.44. The molecule has 1 heterocycles. The normalized spacial score (nSPS) is 17.3. The fourth-order valence-electron chi connectivity index (χ4n) is 2.43. The van der Waals surface area contributed by atoms with Crippen LogP contribution >= 0.6 is 12.4 Å². The summed E-state index contributed by atoms with van der Waals surface area (Å²) in [6, 6.07) is 6.52. The van der Waals surface area contributed by atoms with Gasteiger partial charge in [0, 0.05) is 39.2 Å². The molecule has 0 radical (unpaired) electrons. The number of benzene rings is 1. The molecule has 0 aromatic heterocycles. The molecule has 0 spiro atoms. The predicted octanol–water partition coefficient (Wildman–Crippen LogP) is 0.0278. The highest BCUT2D eigenvalue weighted by Gasteiger charge is 2.17. The van der Waals surface area contributed by atoms with E-state index in [1.807, 2.05) is 0 Å². The van der Waals surface area contributed by atoms with Crippen molar-refractivity contribution in [3.05, 3.63) is 29.8 Å². The molecule has 0 aliphatic carbocycles. The Morgan fingerprint density at radius 1 is 1.42 bits per heavy atom. The maximum Gasteiger partial charge on any atom is 0.240 e. The van der Waals surface area contributed by atoms with Crippen molar-refractivity contribution in [1.29, 1.82) is 0 Å². The summed E-state index contributed by atoms with van der Waals surface area (Å²) >= 11 is 0. The molecule has 1 aliphatic rings. The number of rotatable bonds is 9. The van der Waals surface area contributed by atoms with Gasteiger partial charge in [-0.2, -0.15) is 0 Å². The van der Waals surface area contributed by atoms with E-state index in [1.165, 1.54) is 13.2 Å². The molecule has 10 heteroatoms. The molecule has 8 nitrogen and oxygen atoms in total. The lowest BCUT2D eigenvalue weighted by atomic mass is 10.2. The monoisotopic (exact) mass is 407 g/mol. The number of hydrogen-bond acceptors (Lipinski definition) is 6. The van der Waals surface area contributed by atoms with Crippen LogP contribution in [-0.4, -0.2) is 60.4 Å². The van der Waals surface area contributed by atoms with E-state index in [4.69, 9.17) is 9.47 Å². The van der Waals surface area contributed by atoms with E-state index in [9.17, 15) is 13.2 Å². The van der Waals surface area contributed by atoms with Crippen molar-refractivity contribution >= 4 is 28.3 Å². The molecule has 1 atom stereocenters. The maximum absolute atomic E-state index is 12.2. The summed E-state index contributed by atoms with van der Waals surface area (Å²) < 4.78 is 37.0. The van der Waals surface area contributed by atoms with Gasteiger partial charge in [-0.1, -0.05) is 12.1 Å². The summed E-state index contributed by atoms with van der Waals surface area (Å²) in [6.07, 6.45) is 0.330. The van der Waals surface area contributed by atoms with Gasteiger partial charge >= 0.3 is 0 Å². The van der Waals surface area contributed by atoms with Gasteiger partial charge in [0.1, 0.15) is 0 Å². The minimum Gasteiger partial charge on any atom is -0.383 e. The first-order valence-electron chi connectivity index (χ1n) is 8.16. The number of amides is 1. The van der Waals surface area contributed by atoms with Crippen molar-refractivity contribution in [3.63, 3.8) is 0 Å². The van der Waals surface area contributed by atoms with Crippen LogP contribution in [-0.2, 0) is 30.8 Å². The van der Waals surface area contributed by atoms with Crippen molar-refractivity contribution < 1.29 is 22.7 Å². The van der Waals surface area contributed by atoms with Crippen LogP contribution in [0.5, 0.6) is 0 Å². The average molecular weight is 408 g/mol. The number of halogens is 1. The predicted molar refractivity (Wildman–Crippen MR) is 99.8 cm³/mol. The summed E-state index contributed by atoms with van der Waals surface area (Å²) in [5, 5.41) is 6.03. The molecule has 26 heavy (non-hydrogen) atoms. The molecule has 1 saturated heterocycles. The zero-order valence-electron chi connectivity index (χ0n) is 14.7. The van der Waals surface area contributed by atoms with Crippen molar-refractivity contribution in [2.45, 2.75) is 23.9 Å². The molecule has 1 aromatic carbocycles. The van der Waals surface area contributed by atoms with Crippen LogP contribution in [0.4, 0.5) is 0 Å². The standard InChI is InChI=1S/C16H25N3O5S.ClH/c1-23-7-6-19-25(21,22)15-4-2-3-13(9-15)11-18-16(20)10-14-12-24-8-5-17-14;/h2-4,9,14,17,19H,5-8,10-12H2,1H3,(H,18,20);1H. The molecule has 3 N–H and O–H groups in total. The molecular formula is C16H26ClN3O5S. The third-order valence-electron chi connectivity index (χ3n) is 3.73. The maximum atomic E-state index is 12.2. The first kappa shape index (κ1) is 22.8. The fourth-order valence-corrected chi connectivity index (χ4v) is 3.51. The van der Waals surface area contributed by atoms with E-state index in [2.05, 4.69) is 15.4 Å². The van der Waals surface area contributed by atoms with E-state index >= 15 is 0 Å². The SMILES string of the molecule is COCCNS(=O)(=O)c1cccc(CNC(=O)CC2COCCN2)c1.Cl. The Kier molecular flexibility index (Phi) is 10.1. The van der Waals surface area contributed by atoms with E-state index in [0.717, 1.165) is 12.1 Å². The Morgan fingerprint density at radius 3 is 2.92 bits per heavy atom. The minimum atomic E-state index is -3.59. The first-order chi connectivity index (χ1) is 12.0. The van der Waals surface area contributed by atoms with Gasteiger partial charge in [0.25, 0.3) is 0 Å². The molecule has 1 unspecified atom stereocenters. The number of carbonyl (C=O) groups excluding carboxylic acids is 1. The van der Waals surface area contributed by atoms with Crippen molar-refractivity contribution in [3.8, 4) is 0 Å². The summed E-state index contributed by atoms with van der Waals surface area (Å²) in [5.74, 6) is -0.102. The highest BCUT2D eigenvalue weighted by Crippen LogP contribution is 2.11. The van der Waals surface area contributed by atoms with Crippen LogP contribution in [0.2, 0.25) is 0 Å². The molecule has 1 fully saturated rings. The topological polar surface area (TPSA) is 106 Å². The highest BCUT2D eigenvalue weighted by atomic mass is 35.5. The zero-order valence-corrected chi connectivity index (χ0v) is 16.3. The molecule has 0 bridgehead atoms. The Balaban J connectivity index is 0.00000338. The van der Waals surface area contributed by atoms with E-state index in [1.54, 1.807) is 18.2 Å². The molecule has 148 valence electrons. The lowest BCUT2D eigenvalue weighted by Gasteiger charge is -2.23. The lowest BCUT2D eigenvalue weighted by molar-refractivity contribution is -0.122. The Labute approximate surface area is 160 Å². The Bertz CT molecular complexity index is 666. The van der Waals surface area contributed by atoms with Gasteiger partial charge in [-0.05, 0) is 17.7 Å². The van der Waals surface area contributed by atoms with Crippen LogP contribution in [0.3, 0.4) is 0 Å². The summed E-state index contributed by atoms with van der Waals surface area (Å²) in [5.41, 5.74) is 0.718. The van der Waals surface area contributed by atoms with Crippen molar-refractivity contribution in [2.24, 2.45) is 0 Å². The van der Waals surface area contributed by atoms with Gasteiger partial charge < -0.3 is 20.1 Å². The smallest absolute Gasteiger partial charge is 0.240 e. The van der Waals surface area contributed by atoms with Crippen molar-refractivity contribution in [2.75, 3.05) is 40.0 Å². The van der Waals surface area contributed by atoms with Gasteiger partial charge in [0.15, 0.2) is 0 Å². The summed E-state index contributed by atoms with van der Waals surface area (Å²) in [4.78, 5) is 12.2. The number of methoxy groups -OCH3 is 1. The largest absolute Gasteiger partial charge is 0.383 e. The van der Waals surface area contributed by atoms with Crippen molar-refractivity contribution in [1.82, 2.24) is 15.4 Å². The van der Waals surface area contributed by atoms with Gasteiger partial charge in [-0.3, -0.25) is 4.79 Å². The second-order valence-electron chi connectivity index (χ2n) is 5.74. The molecular weight excluding hydrogens is 382 g/mol. The number of hydrogen-bond donors (Lipinski definition) is 3. The van der Waals surface area contributed by atoms with E-state index in [0.29, 0.717) is 26.2 Å². The number of carbonyl (C=O) groups is 1. The molecule has 0 saturated carbocycles. The van der Waals surface area contributed by atoms with Crippen LogP contribution in [0.1, 0.15) is 12.0 Å². The van der Waals surface area contributed by atoms with Crippen LogP contribution in [0, 0.1) is 0 Å². The fraction of sp³-hybridized carbons (Fsp3) is 0.562. The number of nitrogens with one attached hydrogen (secondary N) is 3. The summed E-state index contributed by atoms with van der Waals surface area (Å²) in [6.45, 7) is 2.71. The van der Waals surface area contributed by atoms with Crippen LogP contribution < -0.4 is 15.4 Å². The highest BCUT2D eigenvalue weighted by molar-refractivity contribution is 7.89. The molecule has 1 aliphatic heterocycles. The number of morpholine rings is 1. The Morgan fingerprint density at radius 2 is 2.23 bits per heavy atom. The molecule has 1 amide bonds. The average Bonchev–Trinajstić information content (AvgIpc) is 2.61. The number of sulfonamides is 1. The molecule has 1 aromatic rings. The zero-order chi connectivity index (χ0) is 18.1. The van der Waals surface area contributed by atoms with E-state index < -0.39 is 10.0 Å². The Hall–Kier alpha value is -1.23. The van der Waals surface area contributed by atoms with Crippen LogP contribution in [0.25, 0.3) is 0 Å². The third kappa shape index (κ3) is 7.56. The second-order valence-corrected chi connectivity index (χ2v) is 7.51.